The van der Waals surface area contributed by atoms with Crippen LogP contribution < -0.4 is 10.2 Å². The van der Waals surface area contributed by atoms with Crippen molar-refractivity contribution in [3.8, 4) is 6.07 Å². The minimum atomic E-state index is -0.359. The monoisotopic (exact) mass is 470 g/mol. The van der Waals surface area contributed by atoms with Crippen LogP contribution in [0.5, 0.6) is 0 Å². The summed E-state index contributed by atoms with van der Waals surface area (Å²) < 4.78 is 0. The molecule has 0 saturated carbocycles. The molecule has 3 aliphatic rings. The molecule has 154 valence electrons. The molecule has 0 aromatic heterocycles. The van der Waals surface area contributed by atoms with Gasteiger partial charge in [-0.25, -0.2) is 0 Å². The average Bonchev–Trinajstić information content (AvgIpc) is 3.41. The van der Waals surface area contributed by atoms with Gasteiger partial charge in [-0.2, -0.15) is 5.26 Å². The SMILES string of the molecule is N#CC1=C2Sc3ccccc3N2C(=N)C(=C2Nc3ccccc3S2)[C@H]1c1ccc(Cl)cc1. The van der Waals surface area contributed by atoms with Crippen LogP contribution in [0.25, 0.3) is 0 Å². The van der Waals surface area contributed by atoms with Crippen molar-refractivity contribution >= 4 is 52.3 Å². The molecule has 3 aromatic carbocycles. The van der Waals surface area contributed by atoms with Crippen LogP contribution in [0.4, 0.5) is 11.4 Å². The number of amidine groups is 1. The molecule has 32 heavy (non-hydrogen) atoms. The van der Waals surface area contributed by atoms with E-state index in [2.05, 4.69) is 17.5 Å². The van der Waals surface area contributed by atoms with Crippen molar-refractivity contribution in [3.63, 3.8) is 0 Å². The maximum atomic E-state index is 10.3. The smallest absolute Gasteiger partial charge is 0.137 e. The molecule has 4 nitrogen and oxygen atoms in total. The third-order valence-corrected chi connectivity index (χ3v) is 8.23. The minimum absolute atomic E-state index is 0.359. The van der Waals surface area contributed by atoms with E-state index in [4.69, 9.17) is 11.6 Å². The van der Waals surface area contributed by atoms with E-state index in [0.717, 1.165) is 42.4 Å². The van der Waals surface area contributed by atoms with Crippen molar-refractivity contribution in [2.75, 3.05) is 10.2 Å². The summed E-state index contributed by atoms with van der Waals surface area (Å²) in [7, 11) is 0. The molecule has 6 rings (SSSR count). The van der Waals surface area contributed by atoms with Crippen LogP contribution >= 0.6 is 35.1 Å². The summed E-state index contributed by atoms with van der Waals surface area (Å²) in [4.78, 5) is 4.08. The predicted molar refractivity (Wildman–Crippen MR) is 132 cm³/mol. The Hall–Kier alpha value is -3.11. The largest absolute Gasteiger partial charge is 0.349 e. The standard InChI is InChI=1S/C25H15ClN4S2/c26-15-11-9-14(10-12-15)21-16(13-27)25-30(18-6-2-4-8-20(18)32-25)23(28)22(21)24-29-17-5-1-3-7-19(17)31-24/h1-12,21,28-29H/t21-/m0/s1. The second-order valence-electron chi connectivity index (χ2n) is 7.54. The Labute approximate surface area is 199 Å². The first-order valence-corrected chi connectivity index (χ1v) is 12.0. The van der Waals surface area contributed by atoms with Gasteiger partial charge < -0.3 is 5.32 Å². The molecule has 3 aliphatic heterocycles. The lowest BCUT2D eigenvalue weighted by Crippen LogP contribution is -2.37. The van der Waals surface area contributed by atoms with Gasteiger partial charge in [0.25, 0.3) is 0 Å². The van der Waals surface area contributed by atoms with Crippen LogP contribution in [-0.2, 0) is 0 Å². The molecule has 0 fully saturated rings. The van der Waals surface area contributed by atoms with Gasteiger partial charge >= 0.3 is 0 Å². The number of nitrogens with one attached hydrogen (secondary N) is 2. The zero-order valence-electron chi connectivity index (χ0n) is 16.6. The van der Waals surface area contributed by atoms with Crippen LogP contribution in [-0.4, -0.2) is 5.84 Å². The van der Waals surface area contributed by atoms with Crippen molar-refractivity contribution in [2.24, 2.45) is 0 Å². The van der Waals surface area contributed by atoms with Crippen molar-refractivity contribution in [3.05, 3.63) is 105 Å². The van der Waals surface area contributed by atoms with Crippen molar-refractivity contribution in [1.82, 2.24) is 0 Å². The molecule has 0 unspecified atom stereocenters. The van der Waals surface area contributed by atoms with Crippen LogP contribution in [0, 0.1) is 16.7 Å². The summed E-state index contributed by atoms with van der Waals surface area (Å²) in [6.07, 6.45) is 0. The highest BCUT2D eigenvalue weighted by Gasteiger charge is 2.44. The first kappa shape index (κ1) is 19.6. The number of hydrogen-bond acceptors (Lipinski definition) is 5. The highest BCUT2D eigenvalue weighted by molar-refractivity contribution is 8.04. The van der Waals surface area contributed by atoms with E-state index in [0.29, 0.717) is 16.4 Å². The van der Waals surface area contributed by atoms with Gasteiger partial charge in [0.05, 0.1) is 34.0 Å². The number of benzene rings is 3. The number of thioether (sulfide) groups is 2. The summed E-state index contributed by atoms with van der Waals surface area (Å²) >= 11 is 9.33. The summed E-state index contributed by atoms with van der Waals surface area (Å²) in [5, 5.41) is 25.5. The van der Waals surface area contributed by atoms with Crippen LogP contribution in [0.3, 0.4) is 0 Å². The van der Waals surface area contributed by atoms with Gasteiger partial charge in [-0.1, -0.05) is 71.5 Å². The molecule has 0 amide bonds. The number of halogens is 1. The van der Waals surface area contributed by atoms with Crippen LogP contribution in [0.1, 0.15) is 11.5 Å². The maximum Gasteiger partial charge on any atom is 0.137 e. The lowest BCUT2D eigenvalue weighted by molar-refractivity contribution is 0.940. The summed E-state index contributed by atoms with van der Waals surface area (Å²) in [6.45, 7) is 0. The topological polar surface area (TPSA) is 62.9 Å². The normalized spacial score (nSPS) is 21.1. The van der Waals surface area contributed by atoms with E-state index in [1.54, 1.807) is 23.5 Å². The molecular formula is C25H15ClN4S2. The molecule has 0 aliphatic carbocycles. The van der Waals surface area contributed by atoms with Gasteiger partial charge in [0.1, 0.15) is 10.9 Å². The quantitative estimate of drug-likeness (QED) is 0.394. The Kier molecular flexibility index (Phi) is 4.58. The number of allylic oxidation sites excluding steroid dienone is 1. The molecule has 7 heteroatoms. The Balaban J connectivity index is 1.61. The van der Waals surface area contributed by atoms with E-state index in [9.17, 15) is 10.7 Å². The molecule has 3 aromatic rings. The van der Waals surface area contributed by atoms with Gasteiger partial charge in [0.2, 0.25) is 0 Å². The van der Waals surface area contributed by atoms with Crippen LogP contribution in [0.15, 0.2) is 104 Å². The second-order valence-corrected chi connectivity index (χ2v) is 10.1. The number of anilines is 2. The van der Waals surface area contributed by atoms with Crippen molar-refractivity contribution in [1.29, 1.82) is 10.7 Å². The molecule has 0 spiro atoms. The fourth-order valence-corrected chi connectivity index (χ4v) is 6.67. The van der Waals surface area contributed by atoms with Gasteiger partial charge in [0.15, 0.2) is 0 Å². The summed E-state index contributed by atoms with van der Waals surface area (Å²) in [5.41, 5.74) is 4.35. The van der Waals surface area contributed by atoms with Gasteiger partial charge in [-0.3, -0.25) is 10.3 Å². The van der Waals surface area contributed by atoms with Gasteiger partial charge in [-0.15, -0.1) is 0 Å². The Morgan fingerprint density at radius 2 is 1.66 bits per heavy atom. The third-order valence-electron chi connectivity index (χ3n) is 5.72. The summed E-state index contributed by atoms with van der Waals surface area (Å²) in [6, 6.07) is 26.2. The first-order valence-electron chi connectivity index (χ1n) is 9.99. The molecule has 0 saturated heterocycles. The van der Waals surface area contributed by atoms with E-state index in [1.165, 1.54) is 0 Å². The van der Waals surface area contributed by atoms with E-state index >= 15 is 0 Å². The summed E-state index contributed by atoms with van der Waals surface area (Å²) in [5.74, 6) is 0.0290. The number of para-hydroxylation sites is 2. The maximum absolute atomic E-state index is 10.3. The average molecular weight is 471 g/mol. The Bertz CT molecular complexity index is 1370. The number of fused-ring (bicyclic) bond motifs is 4. The highest BCUT2D eigenvalue weighted by atomic mass is 35.5. The van der Waals surface area contributed by atoms with Gasteiger partial charge in [0, 0.05) is 20.4 Å². The Morgan fingerprint density at radius 1 is 0.938 bits per heavy atom. The molecule has 3 heterocycles. The third kappa shape index (κ3) is 2.90. The number of hydrogen-bond donors (Lipinski definition) is 2. The molecule has 0 bridgehead atoms. The molecule has 2 N–H and O–H groups in total. The zero-order chi connectivity index (χ0) is 21.8. The lowest BCUT2D eigenvalue weighted by atomic mass is 9.82. The van der Waals surface area contributed by atoms with Crippen LogP contribution in [0.2, 0.25) is 5.02 Å². The molecule has 1 atom stereocenters. The fourth-order valence-electron chi connectivity index (χ4n) is 4.29. The van der Waals surface area contributed by atoms with E-state index < -0.39 is 0 Å². The second kappa shape index (κ2) is 7.49. The van der Waals surface area contributed by atoms with Gasteiger partial charge in [-0.05, 0) is 42.0 Å². The number of nitrogens with zero attached hydrogens (tertiary/aromatic N) is 2. The lowest BCUT2D eigenvalue weighted by Gasteiger charge is -2.35. The molecule has 0 radical (unpaired) electrons. The fraction of sp³-hybridized carbons (Fsp3) is 0.0400. The number of rotatable bonds is 1. The van der Waals surface area contributed by atoms with E-state index in [1.807, 2.05) is 71.6 Å². The van der Waals surface area contributed by atoms with Crippen molar-refractivity contribution in [2.45, 2.75) is 15.7 Å². The van der Waals surface area contributed by atoms with E-state index in [-0.39, 0.29) is 5.92 Å². The zero-order valence-corrected chi connectivity index (χ0v) is 19.0. The Morgan fingerprint density at radius 3 is 2.41 bits per heavy atom. The van der Waals surface area contributed by atoms with Crippen molar-refractivity contribution < 1.29 is 0 Å². The molecular weight excluding hydrogens is 456 g/mol. The highest BCUT2D eigenvalue weighted by Crippen LogP contribution is 2.56. The number of nitriles is 1. The minimum Gasteiger partial charge on any atom is -0.349 e. The first-order chi connectivity index (χ1) is 15.7. The predicted octanol–water partition coefficient (Wildman–Crippen LogP) is 7.19.